The summed E-state index contributed by atoms with van der Waals surface area (Å²) >= 11 is 6.39. The van der Waals surface area contributed by atoms with Gasteiger partial charge in [-0.1, -0.05) is 110 Å². The molecule has 3 heterocycles. The summed E-state index contributed by atoms with van der Waals surface area (Å²) in [6.45, 7) is 4.32. The number of ketones is 2. The molecule has 0 aliphatic carbocycles. The van der Waals surface area contributed by atoms with Gasteiger partial charge in [-0.3, -0.25) is 14.4 Å². The molecule has 0 radical (unpaired) electrons. The van der Waals surface area contributed by atoms with Gasteiger partial charge in [0.15, 0.2) is 11.6 Å². The van der Waals surface area contributed by atoms with Crippen LogP contribution in [-0.2, 0) is 16.6 Å². The molecule has 6 heteroatoms. The molecule has 1 amide bonds. The van der Waals surface area contributed by atoms with E-state index < -0.39 is 23.4 Å². The molecular formula is C37H31ClN2O3. The van der Waals surface area contributed by atoms with E-state index in [1.54, 1.807) is 18.2 Å². The van der Waals surface area contributed by atoms with Crippen LogP contribution in [-0.4, -0.2) is 29.6 Å². The van der Waals surface area contributed by atoms with E-state index >= 15 is 0 Å². The molecule has 7 rings (SSSR count). The van der Waals surface area contributed by atoms with E-state index in [0.29, 0.717) is 27.8 Å². The Morgan fingerprint density at radius 3 is 2.33 bits per heavy atom. The molecule has 0 bridgehead atoms. The van der Waals surface area contributed by atoms with Gasteiger partial charge in [0.05, 0.1) is 12.0 Å². The van der Waals surface area contributed by atoms with Crippen LogP contribution in [0.2, 0.25) is 5.02 Å². The molecule has 3 aliphatic rings. The fraction of sp³-hybridized carbons (Fsp3) is 0.216. The second kappa shape index (κ2) is 10.4. The van der Waals surface area contributed by atoms with Crippen LogP contribution in [0.25, 0.3) is 6.08 Å². The number of amides is 1. The maximum absolute atomic E-state index is 14.9. The van der Waals surface area contributed by atoms with Crippen molar-refractivity contribution in [3.63, 3.8) is 0 Å². The molecule has 4 atom stereocenters. The first-order valence-electron chi connectivity index (χ1n) is 14.7. The van der Waals surface area contributed by atoms with Gasteiger partial charge >= 0.3 is 0 Å². The highest BCUT2D eigenvalue weighted by Gasteiger charge is 2.70. The zero-order chi connectivity index (χ0) is 29.9. The van der Waals surface area contributed by atoms with E-state index in [-0.39, 0.29) is 17.5 Å². The highest BCUT2D eigenvalue weighted by atomic mass is 35.5. The summed E-state index contributed by atoms with van der Waals surface area (Å²) in [6.07, 6.45) is 4.81. The number of fused-ring (bicyclic) bond motifs is 6. The molecule has 5 nitrogen and oxygen atoms in total. The minimum absolute atomic E-state index is 0.203. The molecule has 0 saturated carbocycles. The topological polar surface area (TPSA) is 66.5 Å². The largest absolute Gasteiger partial charge is 0.352 e. The number of carbonyl (C=O) groups is 3. The van der Waals surface area contributed by atoms with E-state index in [2.05, 4.69) is 19.2 Å². The Labute approximate surface area is 256 Å². The Balaban J connectivity index is 1.49. The lowest BCUT2D eigenvalue weighted by Gasteiger charge is -2.37. The monoisotopic (exact) mass is 586 g/mol. The van der Waals surface area contributed by atoms with Crippen LogP contribution in [0.4, 0.5) is 11.4 Å². The van der Waals surface area contributed by atoms with Gasteiger partial charge in [-0.25, -0.2) is 0 Å². The van der Waals surface area contributed by atoms with Gasteiger partial charge in [0.2, 0.25) is 5.91 Å². The number of rotatable bonds is 6. The molecule has 214 valence electrons. The van der Waals surface area contributed by atoms with E-state index in [1.165, 1.54) is 0 Å². The first kappa shape index (κ1) is 27.4. The average molecular weight is 587 g/mol. The van der Waals surface area contributed by atoms with E-state index in [1.807, 2.05) is 95.9 Å². The summed E-state index contributed by atoms with van der Waals surface area (Å²) in [6, 6.07) is 28.2. The Kier molecular flexibility index (Phi) is 6.59. The predicted octanol–water partition coefficient (Wildman–Crippen LogP) is 7.39. The third-order valence-electron chi connectivity index (χ3n) is 9.09. The van der Waals surface area contributed by atoms with Gasteiger partial charge in [-0.05, 0) is 53.3 Å². The number of para-hydroxylation sites is 1. The fourth-order valence-corrected chi connectivity index (χ4v) is 7.56. The number of Topliss-reactive ketones (excluding diaryl/α,β-unsaturated/α-hetero) is 2. The van der Waals surface area contributed by atoms with Crippen LogP contribution >= 0.6 is 11.6 Å². The van der Waals surface area contributed by atoms with E-state index in [4.69, 9.17) is 11.6 Å². The number of nitrogens with zero attached hydrogens (tertiary/aromatic N) is 1. The number of carbonyl (C=O) groups excluding carboxylic acids is 3. The predicted molar refractivity (Wildman–Crippen MR) is 171 cm³/mol. The maximum Gasteiger partial charge on any atom is 0.238 e. The lowest BCUT2D eigenvalue weighted by atomic mass is 9.64. The standard InChI is InChI=1S/C37H31ClN2O3/c1-22(2)20-23-12-14-25(15-13-23)34(41)32-33(35(42)24-8-4-3-5-9-24)40-30-18-17-27(38)21-26(30)16-19-31(40)37(32)28-10-6-7-11-29(28)39-36(37)43/h3-19,21-22,31-33H,20H2,1-2H3,(H,39,43)/t31-,32+,33-,37-/m1/s1. The highest BCUT2D eigenvalue weighted by molar-refractivity contribution is 6.31. The minimum atomic E-state index is -1.34. The quantitative estimate of drug-likeness (QED) is 0.239. The number of hydrogen-bond donors (Lipinski definition) is 1. The van der Waals surface area contributed by atoms with Gasteiger partial charge in [0.1, 0.15) is 11.5 Å². The number of anilines is 2. The molecule has 1 saturated heterocycles. The van der Waals surface area contributed by atoms with Crippen molar-refractivity contribution in [3.05, 3.63) is 136 Å². The summed E-state index contributed by atoms with van der Waals surface area (Å²) in [7, 11) is 0. The summed E-state index contributed by atoms with van der Waals surface area (Å²) in [5.41, 5.74) is 3.78. The first-order chi connectivity index (χ1) is 20.8. The van der Waals surface area contributed by atoms with Crippen LogP contribution in [0, 0.1) is 11.8 Å². The summed E-state index contributed by atoms with van der Waals surface area (Å²) in [4.78, 5) is 46.1. The summed E-state index contributed by atoms with van der Waals surface area (Å²) in [5.74, 6) is -1.23. The molecule has 43 heavy (non-hydrogen) atoms. The highest BCUT2D eigenvalue weighted by Crippen LogP contribution is 2.58. The third kappa shape index (κ3) is 4.17. The molecule has 1 fully saturated rings. The van der Waals surface area contributed by atoms with Gasteiger partial charge in [0, 0.05) is 27.5 Å². The molecule has 0 unspecified atom stereocenters. The second-order valence-electron chi connectivity index (χ2n) is 12.1. The van der Waals surface area contributed by atoms with Crippen LogP contribution in [0.15, 0.2) is 103 Å². The molecule has 4 aromatic rings. The Hall–Kier alpha value is -4.48. The number of halogens is 1. The van der Waals surface area contributed by atoms with Crippen molar-refractivity contribution in [3.8, 4) is 0 Å². The number of hydrogen-bond acceptors (Lipinski definition) is 4. The Morgan fingerprint density at radius 1 is 0.884 bits per heavy atom. The first-order valence-corrected chi connectivity index (χ1v) is 15.1. The van der Waals surface area contributed by atoms with Gasteiger partial charge < -0.3 is 10.2 Å². The molecule has 1 spiro atoms. The minimum Gasteiger partial charge on any atom is -0.352 e. The average Bonchev–Trinajstić information content (AvgIpc) is 3.49. The zero-order valence-electron chi connectivity index (χ0n) is 24.0. The van der Waals surface area contributed by atoms with Crippen LogP contribution in [0.5, 0.6) is 0 Å². The SMILES string of the molecule is CC(C)Cc1ccc(C(=O)[C@@H]2[C@H](C(=O)c3ccccc3)N3c4ccc(Cl)cc4C=C[C@@H]3[C@@]23C(=O)Nc2ccccc23)cc1. The molecule has 0 aromatic heterocycles. The third-order valence-corrected chi connectivity index (χ3v) is 9.32. The molecule has 4 aromatic carbocycles. The van der Waals surface area contributed by atoms with Crippen molar-refractivity contribution in [2.45, 2.75) is 37.8 Å². The van der Waals surface area contributed by atoms with Crippen molar-refractivity contribution in [2.24, 2.45) is 11.8 Å². The van der Waals surface area contributed by atoms with E-state index in [0.717, 1.165) is 28.8 Å². The van der Waals surface area contributed by atoms with Crippen molar-refractivity contribution in [2.75, 3.05) is 10.2 Å². The lowest BCUT2D eigenvalue weighted by molar-refractivity contribution is -0.121. The molecular weight excluding hydrogens is 556 g/mol. The lowest BCUT2D eigenvalue weighted by Crippen LogP contribution is -2.51. The molecule has 3 aliphatic heterocycles. The Morgan fingerprint density at radius 2 is 1.58 bits per heavy atom. The van der Waals surface area contributed by atoms with Gasteiger partial charge in [-0.2, -0.15) is 0 Å². The van der Waals surface area contributed by atoms with Crippen molar-refractivity contribution in [1.29, 1.82) is 0 Å². The van der Waals surface area contributed by atoms with Crippen molar-refractivity contribution >= 4 is 46.5 Å². The number of benzene rings is 4. The van der Waals surface area contributed by atoms with Gasteiger partial charge in [-0.15, -0.1) is 0 Å². The fourth-order valence-electron chi connectivity index (χ4n) is 7.38. The van der Waals surface area contributed by atoms with Crippen LogP contribution in [0.3, 0.4) is 0 Å². The van der Waals surface area contributed by atoms with Crippen molar-refractivity contribution < 1.29 is 14.4 Å². The Bertz CT molecular complexity index is 1800. The smallest absolute Gasteiger partial charge is 0.238 e. The summed E-state index contributed by atoms with van der Waals surface area (Å²) < 4.78 is 0. The zero-order valence-corrected chi connectivity index (χ0v) is 24.7. The van der Waals surface area contributed by atoms with Crippen LogP contribution < -0.4 is 10.2 Å². The normalized spacial score (nSPS) is 23.2. The maximum atomic E-state index is 14.9. The second-order valence-corrected chi connectivity index (χ2v) is 12.5. The van der Waals surface area contributed by atoms with Crippen LogP contribution in [0.1, 0.15) is 51.3 Å². The van der Waals surface area contributed by atoms with E-state index in [9.17, 15) is 14.4 Å². The number of nitrogens with one attached hydrogen (secondary N) is 1. The van der Waals surface area contributed by atoms with Gasteiger partial charge in [0.25, 0.3) is 0 Å². The summed E-state index contributed by atoms with van der Waals surface area (Å²) in [5, 5.41) is 3.65. The molecule has 1 N–H and O–H groups in total. The van der Waals surface area contributed by atoms with Crippen molar-refractivity contribution in [1.82, 2.24) is 0 Å².